The number of carbonyl (C=O) groups excluding carboxylic acids is 14. The van der Waals surface area contributed by atoms with Crippen LogP contribution in [0.5, 0.6) is 40.2 Å². The summed E-state index contributed by atoms with van der Waals surface area (Å²) in [6.45, 7) is 20.9. The van der Waals surface area contributed by atoms with Gasteiger partial charge in [-0.3, -0.25) is 133 Å². The van der Waals surface area contributed by atoms with E-state index in [1.165, 1.54) is 30.3 Å². The van der Waals surface area contributed by atoms with Gasteiger partial charge in [-0.2, -0.15) is 0 Å². The Labute approximate surface area is 809 Å². The van der Waals surface area contributed by atoms with Crippen LogP contribution in [0, 0.1) is 0 Å². The molecule has 0 atom stereocenters. The lowest BCUT2D eigenvalue weighted by Gasteiger charge is -2.20. The molecule has 4 aromatic rings. The molecule has 0 fully saturated rings. The van der Waals surface area contributed by atoms with Crippen LogP contribution in [-0.2, 0) is 33.5 Å². The molecule has 0 aliphatic rings. The predicted octanol–water partition coefficient (Wildman–Crippen LogP) is 16.9. The Kier molecular flexibility index (Phi) is 61.0. The number of rotatable bonds is 69. The van der Waals surface area contributed by atoms with E-state index in [0.29, 0.717) is 50.9 Å². The van der Waals surface area contributed by atoms with Gasteiger partial charge in [0.25, 0.3) is 41.4 Å². The van der Waals surface area contributed by atoms with Gasteiger partial charge in [-0.05, 0) is 96.0 Å². The van der Waals surface area contributed by atoms with Gasteiger partial charge in [-0.15, -0.1) is 0 Å². The zero-order chi connectivity index (χ0) is 100. The molecule has 0 radical (unpaired) electrons. The molecule has 14 N–H and O–H groups in total. The Morgan fingerprint density at radius 2 is 0.380 bits per heavy atom. The largest absolute Gasteiger partial charge is 0.493 e. The van der Waals surface area contributed by atoms with Gasteiger partial charge in [-0.25, -0.2) is 10.2 Å². The summed E-state index contributed by atoms with van der Waals surface area (Å²) in [5.74, 6) is -12.9. The van der Waals surface area contributed by atoms with Crippen LogP contribution in [0.25, 0.3) is 0 Å². The first kappa shape index (κ1) is 117. The van der Waals surface area contributed by atoms with Crippen LogP contribution < -0.4 is 109 Å². The number of amides is 14. The molecule has 0 aromatic heterocycles. The number of hydrazine groups is 7. The molecule has 0 saturated heterocycles. The molecule has 0 aliphatic heterocycles. The standard InChI is InChI=1S/C101H158N14O22/c1-11-18-25-32-39-48-57-130-80-56-47-46-55-73(80)93(122)108-102-87(116)70-88(117)103-109-94(123)74-64-75(82(132-59-50-41-34-27-20-13-3)67-81(74)131-58-49-40-33-26-19-12-2)95(124)110-104-89(118)71-90(119)105-111-96(125)76-65-77(84(134-61-52-43-36-29-22-15-5)68-83(76)133-60-51-42-35-28-21-14-4)97(126)112-106-91(120)72-92(121)107-113-98(127)78-66-79(99(128)114-115-100(129)137-101(8,9)10)86(136-63-54-45-38-31-24-17-7)69-85(78)135-62-53-44-37-30-23-16-6/h46-47,55-56,64-69H,11-45,48-54,57-63,70-72H2,1-10H3,(H,102,116)(H,103,117)(H,104,118)(H,105,119)(H,106,120)(H,107,121)(H,108,122)(H,109,123)(H,110,124)(H,111,125)(H,112,126)(H,113,127)(H,114,128)(H,115,129). The number of para-hydroxylation sites is 1. The van der Waals surface area contributed by atoms with Gasteiger partial charge in [-0.1, -0.05) is 285 Å². The highest BCUT2D eigenvalue weighted by Crippen LogP contribution is 2.35. The van der Waals surface area contributed by atoms with Crippen molar-refractivity contribution in [3.05, 3.63) is 99.6 Å². The van der Waals surface area contributed by atoms with Crippen molar-refractivity contribution in [1.29, 1.82) is 0 Å². The molecule has 4 rings (SSSR count). The minimum Gasteiger partial charge on any atom is -0.493 e. The smallest absolute Gasteiger partial charge is 0.426 e. The van der Waals surface area contributed by atoms with Crippen LogP contribution in [0.4, 0.5) is 4.79 Å². The van der Waals surface area contributed by atoms with E-state index in [0.717, 1.165) is 243 Å². The molecule has 36 nitrogen and oxygen atoms in total. The maximum Gasteiger partial charge on any atom is 0.426 e. The van der Waals surface area contributed by atoms with Crippen molar-refractivity contribution in [3.8, 4) is 40.2 Å². The highest BCUT2D eigenvalue weighted by atomic mass is 16.6. The maximum atomic E-state index is 14.5. The number of hydrogen-bond donors (Lipinski definition) is 14. The van der Waals surface area contributed by atoms with Crippen molar-refractivity contribution in [3.63, 3.8) is 0 Å². The van der Waals surface area contributed by atoms with E-state index in [1.54, 1.807) is 39.0 Å². The lowest BCUT2D eigenvalue weighted by Crippen LogP contribution is -2.47. The van der Waals surface area contributed by atoms with Crippen LogP contribution in [-0.4, -0.2) is 135 Å². The molecule has 764 valence electrons. The fourth-order valence-corrected chi connectivity index (χ4v) is 14.0. The lowest BCUT2D eigenvalue weighted by atomic mass is 10.1. The van der Waals surface area contributed by atoms with E-state index in [4.69, 9.17) is 37.9 Å². The molecule has 0 bridgehead atoms. The molecular weight excluding hydrogens is 1760 g/mol. The van der Waals surface area contributed by atoms with Gasteiger partial charge in [0.15, 0.2) is 0 Å². The fourth-order valence-electron chi connectivity index (χ4n) is 14.0. The molecule has 0 spiro atoms. The molecule has 0 unspecified atom stereocenters. The SMILES string of the molecule is CCCCCCCCOc1ccccc1C(=O)NNC(=O)CC(=O)NNC(=O)c1cc(C(=O)NNC(=O)CC(=O)NNC(=O)c2cc(C(=O)NNC(=O)CC(=O)NNC(=O)c3cc(C(=O)NNC(=O)OC(C)(C)C)c(OCCCCCCCC)cc3OCCCCCCCC)c(OCCCCCCCC)cc2OCCCCCCCC)c(OCCCCCCCC)cc1OCCCCCCCC. The average Bonchev–Trinajstić information content (AvgIpc) is 0.822. The molecule has 14 amide bonds. The number of ether oxygens (including phenoxy) is 8. The molecule has 4 aromatic carbocycles. The lowest BCUT2D eigenvalue weighted by molar-refractivity contribution is -0.131. The van der Waals surface area contributed by atoms with Crippen LogP contribution in [0.3, 0.4) is 0 Å². The summed E-state index contributed by atoms with van der Waals surface area (Å²) in [6.07, 6.45) is 35.1. The van der Waals surface area contributed by atoms with Gasteiger partial charge in [0, 0.05) is 18.2 Å². The van der Waals surface area contributed by atoms with Crippen LogP contribution in [0.2, 0.25) is 0 Å². The zero-order valence-electron chi connectivity index (χ0n) is 83.0. The van der Waals surface area contributed by atoms with Crippen LogP contribution in [0.1, 0.15) is 431 Å². The molecule has 137 heavy (non-hydrogen) atoms. The van der Waals surface area contributed by atoms with Crippen LogP contribution >= 0.6 is 0 Å². The number of hydrogen-bond acceptors (Lipinski definition) is 22. The summed E-state index contributed by atoms with van der Waals surface area (Å²) in [6, 6.07) is 14.0. The number of nitrogens with one attached hydrogen (secondary N) is 14. The second kappa shape index (κ2) is 71.4. The number of benzene rings is 4. The van der Waals surface area contributed by atoms with E-state index in [9.17, 15) is 67.1 Å². The van der Waals surface area contributed by atoms with E-state index >= 15 is 0 Å². The third-order valence-electron chi connectivity index (χ3n) is 21.7. The fraction of sp³-hybridized carbons (Fsp3) is 0.624. The highest BCUT2D eigenvalue weighted by Gasteiger charge is 2.30. The van der Waals surface area contributed by atoms with Gasteiger partial charge >= 0.3 is 6.09 Å². The van der Waals surface area contributed by atoms with Crippen LogP contribution in [0.15, 0.2) is 60.7 Å². The first-order valence-electron chi connectivity index (χ1n) is 50.1. The predicted molar refractivity (Wildman–Crippen MR) is 522 cm³/mol. The van der Waals surface area contributed by atoms with E-state index in [2.05, 4.69) is 124 Å². The molecule has 0 saturated carbocycles. The Morgan fingerprint density at radius 1 is 0.204 bits per heavy atom. The monoisotopic (exact) mass is 1920 g/mol. The molecule has 0 aliphatic carbocycles. The second-order valence-electron chi connectivity index (χ2n) is 35.0. The highest BCUT2D eigenvalue weighted by molar-refractivity contribution is 6.09. The molecule has 0 heterocycles. The van der Waals surface area contributed by atoms with Gasteiger partial charge in [0.1, 0.15) is 65.1 Å². The summed E-state index contributed by atoms with van der Waals surface area (Å²) in [7, 11) is 0. The van der Waals surface area contributed by atoms with Gasteiger partial charge in [0.2, 0.25) is 35.4 Å². The third-order valence-corrected chi connectivity index (χ3v) is 21.7. The first-order chi connectivity index (χ1) is 66.2. The van der Waals surface area contributed by atoms with Crippen molar-refractivity contribution >= 4 is 82.9 Å². The number of carbonyl (C=O) groups is 14. The second-order valence-corrected chi connectivity index (χ2v) is 35.0. The Bertz CT molecular complexity index is 4350. The summed E-state index contributed by atoms with van der Waals surface area (Å²) < 4.78 is 48.5. The summed E-state index contributed by atoms with van der Waals surface area (Å²) in [4.78, 5) is 192. The Morgan fingerprint density at radius 3 is 0.584 bits per heavy atom. The van der Waals surface area contributed by atoms with E-state index < -0.39 is 108 Å². The Hall–Kier alpha value is -12.1. The summed E-state index contributed by atoms with van der Waals surface area (Å²) in [5, 5.41) is 0. The maximum absolute atomic E-state index is 14.5. The zero-order valence-corrected chi connectivity index (χ0v) is 83.0. The van der Waals surface area contributed by atoms with Crippen molar-refractivity contribution in [2.24, 2.45) is 0 Å². The first-order valence-corrected chi connectivity index (χ1v) is 50.1. The summed E-state index contributed by atoms with van der Waals surface area (Å²) >= 11 is 0. The van der Waals surface area contributed by atoms with Crippen molar-refractivity contribution in [2.75, 3.05) is 46.2 Å². The van der Waals surface area contributed by atoms with Crippen molar-refractivity contribution in [2.45, 2.75) is 364 Å². The quantitative estimate of drug-likeness (QED) is 0.0111. The van der Waals surface area contributed by atoms with E-state index in [-0.39, 0.29) is 113 Å². The van der Waals surface area contributed by atoms with E-state index in [1.807, 2.05) is 0 Å². The minimum atomic E-state index is -1.11. The Balaban J connectivity index is 1.59. The normalized spacial score (nSPS) is 10.9. The summed E-state index contributed by atoms with van der Waals surface area (Å²) in [5.41, 5.74) is 28.9. The van der Waals surface area contributed by atoms with Crippen molar-refractivity contribution in [1.82, 2.24) is 76.0 Å². The van der Waals surface area contributed by atoms with Crippen molar-refractivity contribution < 1.29 is 105 Å². The van der Waals surface area contributed by atoms with Gasteiger partial charge < -0.3 is 37.9 Å². The topological polar surface area (TPSA) is 481 Å². The minimum absolute atomic E-state index is 0.000326. The molecule has 36 heteroatoms. The number of unbranched alkanes of at least 4 members (excludes halogenated alkanes) is 35. The van der Waals surface area contributed by atoms with Gasteiger partial charge in [0.05, 0.1) is 85.2 Å². The molecular formula is C101H158N14O22. The third kappa shape index (κ3) is 51.0. The average molecular weight is 1920 g/mol.